The van der Waals surface area contributed by atoms with Crippen LogP contribution in [0.3, 0.4) is 0 Å². The monoisotopic (exact) mass is 286 g/mol. The zero-order chi connectivity index (χ0) is 15.4. The summed E-state index contributed by atoms with van der Waals surface area (Å²) in [6.45, 7) is 5.93. The third-order valence-electron chi connectivity index (χ3n) is 2.84. The van der Waals surface area contributed by atoms with Gasteiger partial charge >= 0.3 is 5.97 Å². The molecule has 2 aromatic rings. The van der Waals surface area contributed by atoms with Crippen LogP contribution in [0.25, 0.3) is 0 Å². The predicted octanol–water partition coefficient (Wildman–Crippen LogP) is 3.33. The summed E-state index contributed by atoms with van der Waals surface area (Å²) >= 11 is 0. The molecule has 0 unspecified atom stereocenters. The van der Waals surface area contributed by atoms with E-state index in [4.69, 9.17) is 9.84 Å². The Kier molecular flexibility index (Phi) is 4.52. The standard InChI is InChI=1S/C16H18N2O3/c1-10(2)16-17-11(3)7-14(18-16)21-13-6-4-5-12(8-13)9-15(19)20/h4-8,10H,9H2,1-3H3,(H,19,20). The van der Waals surface area contributed by atoms with Crippen LogP contribution >= 0.6 is 0 Å². The van der Waals surface area contributed by atoms with Crippen LogP contribution < -0.4 is 4.74 Å². The van der Waals surface area contributed by atoms with Crippen molar-refractivity contribution in [2.45, 2.75) is 33.1 Å². The lowest BCUT2D eigenvalue weighted by Crippen LogP contribution is -2.02. The van der Waals surface area contributed by atoms with Gasteiger partial charge in [0, 0.05) is 17.7 Å². The number of benzene rings is 1. The highest BCUT2D eigenvalue weighted by molar-refractivity contribution is 5.70. The first-order chi connectivity index (χ1) is 9.94. The zero-order valence-electron chi connectivity index (χ0n) is 12.3. The van der Waals surface area contributed by atoms with E-state index in [-0.39, 0.29) is 12.3 Å². The molecule has 0 aliphatic rings. The van der Waals surface area contributed by atoms with Crippen LogP contribution in [0.15, 0.2) is 30.3 Å². The van der Waals surface area contributed by atoms with Gasteiger partial charge in [-0.25, -0.2) is 4.98 Å². The minimum atomic E-state index is -0.868. The number of aromatic nitrogens is 2. The SMILES string of the molecule is Cc1cc(Oc2cccc(CC(=O)O)c2)nc(C(C)C)n1. The van der Waals surface area contributed by atoms with Gasteiger partial charge < -0.3 is 9.84 Å². The fourth-order valence-electron chi connectivity index (χ4n) is 1.89. The highest BCUT2D eigenvalue weighted by atomic mass is 16.5. The minimum absolute atomic E-state index is 0.0305. The summed E-state index contributed by atoms with van der Waals surface area (Å²) in [4.78, 5) is 19.5. The van der Waals surface area contributed by atoms with Crippen LogP contribution in [0.5, 0.6) is 11.6 Å². The molecule has 2 rings (SSSR count). The highest BCUT2D eigenvalue weighted by Gasteiger charge is 2.08. The molecule has 0 spiro atoms. The normalized spacial score (nSPS) is 10.7. The second-order valence-electron chi connectivity index (χ2n) is 5.18. The van der Waals surface area contributed by atoms with Crippen LogP contribution in [0.2, 0.25) is 0 Å². The molecule has 0 radical (unpaired) electrons. The minimum Gasteiger partial charge on any atom is -0.481 e. The summed E-state index contributed by atoms with van der Waals surface area (Å²) in [5, 5.41) is 8.82. The van der Waals surface area contributed by atoms with Gasteiger partial charge in [0.15, 0.2) is 0 Å². The average molecular weight is 286 g/mol. The van der Waals surface area contributed by atoms with Gasteiger partial charge in [-0.3, -0.25) is 4.79 Å². The van der Waals surface area contributed by atoms with Crippen molar-refractivity contribution in [3.63, 3.8) is 0 Å². The number of hydrogen-bond donors (Lipinski definition) is 1. The van der Waals surface area contributed by atoms with Gasteiger partial charge in [0.05, 0.1) is 6.42 Å². The molecule has 0 atom stereocenters. The van der Waals surface area contributed by atoms with Crippen molar-refractivity contribution >= 4 is 5.97 Å². The van der Waals surface area contributed by atoms with Crippen molar-refractivity contribution in [1.29, 1.82) is 0 Å². The fourth-order valence-corrected chi connectivity index (χ4v) is 1.89. The van der Waals surface area contributed by atoms with Crippen molar-refractivity contribution in [3.8, 4) is 11.6 Å². The Hall–Kier alpha value is -2.43. The average Bonchev–Trinajstić information content (AvgIpc) is 2.37. The summed E-state index contributed by atoms with van der Waals surface area (Å²) in [5.74, 6) is 1.12. The van der Waals surface area contributed by atoms with E-state index < -0.39 is 5.97 Å². The molecule has 0 saturated heterocycles. The first-order valence-corrected chi connectivity index (χ1v) is 6.78. The second kappa shape index (κ2) is 6.35. The van der Waals surface area contributed by atoms with Gasteiger partial charge in [-0.15, -0.1) is 0 Å². The van der Waals surface area contributed by atoms with Crippen molar-refractivity contribution in [3.05, 3.63) is 47.4 Å². The second-order valence-corrected chi connectivity index (χ2v) is 5.18. The number of carboxylic acid groups (broad SMARTS) is 1. The Labute approximate surface area is 123 Å². The molecule has 21 heavy (non-hydrogen) atoms. The van der Waals surface area contributed by atoms with Crippen LogP contribution in [0, 0.1) is 6.92 Å². The lowest BCUT2D eigenvalue weighted by molar-refractivity contribution is -0.136. The largest absolute Gasteiger partial charge is 0.481 e. The van der Waals surface area contributed by atoms with E-state index in [2.05, 4.69) is 9.97 Å². The molecule has 0 saturated carbocycles. The lowest BCUT2D eigenvalue weighted by atomic mass is 10.1. The molecular formula is C16H18N2O3. The Morgan fingerprint density at radius 2 is 2.05 bits per heavy atom. The van der Waals surface area contributed by atoms with Gasteiger partial charge in [-0.1, -0.05) is 26.0 Å². The maximum absolute atomic E-state index is 10.7. The van der Waals surface area contributed by atoms with Gasteiger partial charge in [-0.2, -0.15) is 4.98 Å². The topological polar surface area (TPSA) is 72.3 Å². The van der Waals surface area contributed by atoms with Crippen LogP contribution in [-0.2, 0) is 11.2 Å². The third kappa shape index (κ3) is 4.27. The molecule has 110 valence electrons. The van der Waals surface area contributed by atoms with E-state index in [1.165, 1.54) is 0 Å². The van der Waals surface area contributed by atoms with Crippen molar-refractivity contribution in [2.24, 2.45) is 0 Å². The quantitative estimate of drug-likeness (QED) is 0.912. The van der Waals surface area contributed by atoms with Gasteiger partial charge in [0.2, 0.25) is 5.88 Å². The molecule has 0 fully saturated rings. The van der Waals surface area contributed by atoms with Gasteiger partial charge in [0.25, 0.3) is 0 Å². The van der Waals surface area contributed by atoms with E-state index >= 15 is 0 Å². The highest BCUT2D eigenvalue weighted by Crippen LogP contribution is 2.23. The lowest BCUT2D eigenvalue weighted by Gasteiger charge is -2.10. The molecule has 5 heteroatoms. The van der Waals surface area contributed by atoms with Crippen molar-refractivity contribution in [2.75, 3.05) is 0 Å². The van der Waals surface area contributed by atoms with E-state index in [1.807, 2.05) is 20.8 Å². The molecule has 1 heterocycles. The first kappa shape index (κ1) is 15.0. The molecule has 0 aliphatic carbocycles. The van der Waals surface area contributed by atoms with E-state index in [0.29, 0.717) is 17.2 Å². The van der Waals surface area contributed by atoms with E-state index in [9.17, 15) is 4.79 Å². The molecule has 0 amide bonds. The van der Waals surface area contributed by atoms with E-state index in [0.717, 1.165) is 11.5 Å². The number of nitrogens with zero attached hydrogens (tertiary/aromatic N) is 2. The molecule has 0 aliphatic heterocycles. The number of aryl methyl sites for hydroxylation is 1. The predicted molar refractivity (Wildman–Crippen MR) is 78.7 cm³/mol. The maximum Gasteiger partial charge on any atom is 0.307 e. The molecule has 0 bridgehead atoms. The number of carboxylic acids is 1. The number of aliphatic carboxylic acids is 1. The van der Waals surface area contributed by atoms with Gasteiger partial charge in [-0.05, 0) is 24.6 Å². The first-order valence-electron chi connectivity index (χ1n) is 6.78. The molecule has 1 aromatic heterocycles. The summed E-state index contributed by atoms with van der Waals surface area (Å²) in [7, 11) is 0. The molecule has 1 N–H and O–H groups in total. The summed E-state index contributed by atoms with van der Waals surface area (Å²) in [5.41, 5.74) is 1.53. The molecule has 1 aromatic carbocycles. The van der Waals surface area contributed by atoms with Crippen LogP contribution in [0.1, 0.15) is 36.8 Å². The van der Waals surface area contributed by atoms with Crippen molar-refractivity contribution < 1.29 is 14.6 Å². The third-order valence-corrected chi connectivity index (χ3v) is 2.84. The number of rotatable bonds is 5. The van der Waals surface area contributed by atoms with Crippen LogP contribution in [0.4, 0.5) is 0 Å². The number of carbonyl (C=O) groups is 1. The summed E-state index contributed by atoms with van der Waals surface area (Å²) in [6, 6.07) is 8.77. The summed E-state index contributed by atoms with van der Waals surface area (Å²) in [6.07, 6.45) is -0.0305. The van der Waals surface area contributed by atoms with E-state index in [1.54, 1.807) is 30.3 Å². The zero-order valence-corrected chi connectivity index (χ0v) is 12.3. The Morgan fingerprint density at radius 3 is 2.71 bits per heavy atom. The van der Waals surface area contributed by atoms with Crippen molar-refractivity contribution in [1.82, 2.24) is 9.97 Å². The smallest absolute Gasteiger partial charge is 0.307 e. The Balaban J connectivity index is 2.23. The maximum atomic E-state index is 10.7. The van der Waals surface area contributed by atoms with Crippen LogP contribution in [-0.4, -0.2) is 21.0 Å². The fraction of sp³-hybridized carbons (Fsp3) is 0.312. The Morgan fingerprint density at radius 1 is 1.29 bits per heavy atom. The Bertz CT molecular complexity index is 654. The number of hydrogen-bond acceptors (Lipinski definition) is 4. The van der Waals surface area contributed by atoms with Gasteiger partial charge in [0.1, 0.15) is 11.6 Å². The number of ether oxygens (including phenoxy) is 1. The summed E-state index contributed by atoms with van der Waals surface area (Å²) < 4.78 is 5.73. The molecule has 5 nitrogen and oxygen atoms in total. The molecular weight excluding hydrogens is 268 g/mol.